The summed E-state index contributed by atoms with van der Waals surface area (Å²) in [6.45, 7) is 0.290. The third-order valence-electron chi connectivity index (χ3n) is 1.76. The highest BCUT2D eigenvalue weighted by Gasteiger charge is 2.01. The number of pyridine rings is 1. The average Bonchev–Trinajstić information content (AvgIpc) is 2.46. The summed E-state index contributed by atoms with van der Waals surface area (Å²) in [4.78, 5) is 6.77. The Bertz CT molecular complexity index is 426. The Morgan fingerprint density at radius 3 is 3.15 bits per heavy atom. The van der Waals surface area contributed by atoms with Gasteiger partial charge in [-0.15, -0.1) is 0 Å². The lowest BCUT2D eigenvalue weighted by molar-refractivity contribution is 0.160. The van der Waals surface area contributed by atoms with Crippen LogP contribution in [0.15, 0.2) is 18.3 Å². The summed E-state index contributed by atoms with van der Waals surface area (Å²) in [5, 5.41) is 9.13. The molecule has 0 aliphatic carbocycles. The van der Waals surface area contributed by atoms with Crippen LogP contribution in [0.1, 0.15) is 5.69 Å². The minimum atomic E-state index is -0.366. The van der Waals surface area contributed by atoms with E-state index >= 15 is 0 Å². The van der Waals surface area contributed by atoms with Crippen molar-refractivity contribution in [2.45, 2.75) is 6.54 Å². The van der Waals surface area contributed by atoms with Crippen LogP contribution in [0, 0.1) is 5.82 Å². The summed E-state index contributed by atoms with van der Waals surface area (Å²) in [7, 11) is 0. The van der Waals surface area contributed by atoms with Gasteiger partial charge in [0.05, 0.1) is 12.7 Å². The van der Waals surface area contributed by atoms with Crippen molar-refractivity contribution in [1.29, 1.82) is 0 Å². The van der Waals surface area contributed by atoms with Crippen LogP contribution in [0.5, 0.6) is 0 Å². The molecule has 2 aromatic heterocycles. The van der Waals surface area contributed by atoms with Crippen molar-refractivity contribution in [3.8, 4) is 0 Å². The third kappa shape index (κ3) is 1.51. The molecule has 2 rings (SSSR count). The smallest absolute Gasteiger partial charge is 0.142 e. The lowest BCUT2D eigenvalue weighted by atomic mass is 10.3. The molecule has 2 heterocycles. The lowest BCUT2D eigenvalue weighted by Gasteiger charge is -1.90. The molecule has 4 nitrogen and oxygen atoms in total. The van der Waals surface area contributed by atoms with Crippen LogP contribution in [0.2, 0.25) is 0 Å². The van der Waals surface area contributed by atoms with Gasteiger partial charge in [-0.1, -0.05) is 0 Å². The summed E-state index contributed by atoms with van der Waals surface area (Å²) in [6, 6.07) is 3.12. The Balaban J connectivity index is 2.49. The monoisotopic (exact) mass is 181 g/mol. The predicted molar refractivity (Wildman–Crippen MR) is 44.7 cm³/mol. The van der Waals surface area contributed by atoms with Crippen molar-refractivity contribution < 1.29 is 9.60 Å². The minimum absolute atomic E-state index is 0.290. The van der Waals surface area contributed by atoms with Crippen LogP contribution in [-0.2, 0) is 6.54 Å². The minimum Gasteiger partial charge on any atom is -0.342 e. The molecule has 0 spiro atoms. The van der Waals surface area contributed by atoms with Gasteiger partial charge < -0.3 is 10.2 Å². The summed E-state index contributed by atoms with van der Waals surface area (Å²) >= 11 is 0. The molecule has 0 aliphatic heterocycles. The number of hydrogen-bond donors (Lipinski definition) is 3. The second kappa shape index (κ2) is 3.12. The van der Waals surface area contributed by atoms with Gasteiger partial charge in [-0.3, -0.25) is 0 Å². The molecule has 0 unspecified atom stereocenters. The number of nitrogens with one attached hydrogen (secondary N) is 2. The molecule has 0 radical (unpaired) electrons. The number of rotatable bonds is 2. The van der Waals surface area contributed by atoms with Crippen LogP contribution in [0.4, 0.5) is 4.39 Å². The van der Waals surface area contributed by atoms with Gasteiger partial charge in [-0.05, 0) is 12.1 Å². The number of aromatic nitrogens is 2. The Labute approximate surface area is 73.4 Å². The molecule has 0 saturated carbocycles. The molecule has 0 aromatic carbocycles. The van der Waals surface area contributed by atoms with Gasteiger partial charge in [0.15, 0.2) is 0 Å². The predicted octanol–water partition coefficient (Wildman–Crippen LogP) is 1.18. The topological polar surface area (TPSA) is 60.9 Å². The zero-order chi connectivity index (χ0) is 9.26. The number of fused-ring (bicyclic) bond motifs is 1. The average molecular weight is 181 g/mol. The van der Waals surface area contributed by atoms with Gasteiger partial charge in [0.25, 0.3) is 0 Å². The fourth-order valence-electron chi connectivity index (χ4n) is 1.23. The summed E-state index contributed by atoms with van der Waals surface area (Å²) < 4.78 is 12.7. The fourth-order valence-corrected chi connectivity index (χ4v) is 1.23. The van der Waals surface area contributed by atoms with E-state index in [-0.39, 0.29) is 12.4 Å². The highest BCUT2D eigenvalue weighted by molar-refractivity contribution is 5.76. The molecule has 0 bridgehead atoms. The maximum absolute atomic E-state index is 12.7. The molecule has 0 atom stereocenters. The first kappa shape index (κ1) is 8.15. The SMILES string of the molecule is ONCc1cc2cc(F)cnc2[nH]1. The first-order valence-corrected chi connectivity index (χ1v) is 3.79. The number of halogens is 1. The third-order valence-corrected chi connectivity index (χ3v) is 1.76. The van der Waals surface area contributed by atoms with Crippen LogP contribution in [0.3, 0.4) is 0 Å². The molecule has 13 heavy (non-hydrogen) atoms. The van der Waals surface area contributed by atoms with E-state index in [0.717, 1.165) is 11.9 Å². The van der Waals surface area contributed by atoms with Gasteiger partial charge in [0.2, 0.25) is 0 Å². The van der Waals surface area contributed by atoms with E-state index in [9.17, 15) is 4.39 Å². The van der Waals surface area contributed by atoms with Crippen molar-refractivity contribution in [3.05, 3.63) is 29.8 Å². The highest BCUT2D eigenvalue weighted by Crippen LogP contribution is 2.13. The Morgan fingerprint density at radius 1 is 1.54 bits per heavy atom. The number of hydroxylamine groups is 1. The van der Waals surface area contributed by atoms with Crippen LogP contribution in [-0.4, -0.2) is 15.2 Å². The number of nitrogens with zero attached hydrogens (tertiary/aromatic N) is 1. The molecule has 5 heteroatoms. The highest BCUT2D eigenvalue weighted by atomic mass is 19.1. The normalized spacial score (nSPS) is 10.9. The second-order valence-corrected chi connectivity index (χ2v) is 2.72. The van der Waals surface area contributed by atoms with Gasteiger partial charge in [0.1, 0.15) is 11.5 Å². The van der Waals surface area contributed by atoms with E-state index in [1.807, 2.05) is 5.48 Å². The molecular formula is C8H8FN3O. The van der Waals surface area contributed by atoms with E-state index in [4.69, 9.17) is 5.21 Å². The van der Waals surface area contributed by atoms with Crippen LogP contribution in [0.25, 0.3) is 11.0 Å². The van der Waals surface area contributed by atoms with Crippen molar-refractivity contribution in [2.75, 3.05) is 0 Å². The lowest BCUT2D eigenvalue weighted by Crippen LogP contribution is -2.05. The van der Waals surface area contributed by atoms with E-state index in [0.29, 0.717) is 11.0 Å². The van der Waals surface area contributed by atoms with Gasteiger partial charge >= 0.3 is 0 Å². The van der Waals surface area contributed by atoms with E-state index < -0.39 is 0 Å². The van der Waals surface area contributed by atoms with Crippen molar-refractivity contribution in [3.63, 3.8) is 0 Å². The summed E-state index contributed by atoms with van der Waals surface area (Å²) in [5.74, 6) is -0.366. The molecule has 2 aromatic rings. The maximum atomic E-state index is 12.7. The van der Waals surface area contributed by atoms with Crippen molar-refractivity contribution in [1.82, 2.24) is 15.4 Å². The van der Waals surface area contributed by atoms with E-state index in [2.05, 4.69) is 9.97 Å². The molecule has 0 saturated heterocycles. The number of hydrogen-bond acceptors (Lipinski definition) is 3. The maximum Gasteiger partial charge on any atom is 0.142 e. The van der Waals surface area contributed by atoms with Gasteiger partial charge in [-0.25, -0.2) is 9.37 Å². The standard InChI is InChI=1S/C8H8FN3O/c9-6-1-5-2-7(4-11-13)12-8(5)10-3-6/h1-3,11,13H,4H2,(H,10,12). The molecule has 0 fully saturated rings. The number of H-pyrrole nitrogens is 1. The number of aromatic amines is 1. The van der Waals surface area contributed by atoms with Gasteiger partial charge in [0, 0.05) is 11.1 Å². The zero-order valence-corrected chi connectivity index (χ0v) is 6.71. The van der Waals surface area contributed by atoms with Crippen molar-refractivity contribution in [2.24, 2.45) is 0 Å². The zero-order valence-electron chi connectivity index (χ0n) is 6.71. The molecule has 68 valence electrons. The molecular weight excluding hydrogens is 173 g/mol. The largest absolute Gasteiger partial charge is 0.342 e. The fraction of sp³-hybridized carbons (Fsp3) is 0.125. The van der Waals surface area contributed by atoms with Crippen molar-refractivity contribution >= 4 is 11.0 Å². The first-order chi connectivity index (χ1) is 6.29. The second-order valence-electron chi connectivity index (χ2n) is 2.72. The Morgan fingerprint density at radius 2 is 2.38 bits per heavy atom. The molecule has 0 amide bonds. The van der Waals surface area contributed by atoms with E-state index in [1.165, 1.54) is 6.07 Å². The molecule has 3 N–H and O–H groups in total. The van der Waals surface area contributed by atoms with Gasteiger partial charge in [-0.2, -0.15) is 5.48 Å². The summed E-state index contributed by atoms with van der Waals surface area (Å²) in [6.07, 6.45) is 1.15. The summed E-state index contributed by atoms with van der Waals surface area (Å²) in [5.41, 5.74) is 3.38. The van der Waals surface area contributed by atoms with Crippen LogP contribution >= 0.6 is 0 Å². The first-order valence-electron chi connectivity index (χ1n) is 3.79. The van der Waals surface area contributed by atoms with E-state index in [1.54, 1.807) is 6.07 Å². The Kier molecular flexibility index (Phi) is 1.96. The quantitative estimate of drug-likeness (QED) is 0.609. The Hall–Kier alpha value is -1.46. The van der Waals surface area contributed by atoms with Crippen LogP contribution < -0.4 is 5.48 Å². The molecule has 0 aliphatic rings.